The molecular weight excluding hydrogens is 238 g/mol. The fraction of sp³-hybridized carbons (Fsp3) is 0.400. The number of nitrogens with zero attached hydrogens (tertiary/aromatic N) is 2. The van der Waals surface area contributed by atoms with Crippen molar-refractivity contribution in [1.82, 2.24) is 14.9 Å². The number of benzene rings is 1. The summed E-state index contributed by atoms with van der Waals surface area (Å²) in [7, 11) is 1.96. The Kier molecular flexibility index (Phi) is 4.98. The van der Waals surface area contributed by atoms with E-state index >= 15 is 0 Å². The topological polar surface area (TPSA) is 39.1 Å². The van der Waals surface area contributed by atoms with Crippen molar-refractivity contribution in [2.45, 2.75) is 25.9 Å². The normalized spacial score (nSPS) is 12.3. The summed E-state index contributed by atoms with van der Waals surface area (Å²) in [5.41, 5.74) is 1.27. The average molecular weight is 259 g/mol. The van der Waals surface area contributed by atoms with Gasteiger partial charge in [0.05, 0.1) is 12.9 Å². The molecule has 0 aliphatic carbocycles. The molecule has 1 unspecified atom stereocenters. The minimum Gasteiger partial charge on any atom is -0.494 e. The van der Waals surface area contributed by atoms with Gasteiger partial charge in [-0.15, -0.1) is 0 Å². The summed E-state index contributed by atoms with van der Waals surface area (Å²) in [6.07, 6.45) is 6.56. The van der Waals surface area contributed by atoms with Crippen molar-refractivity contribution in [2.75, 3.05) is 13.7 Å². The predicted octanol–water partition coefficient (Wildman–Crippen LogP) is 2.63. The highest BCUT2D eigenvalue weighted by atomic mass is 16.5. The SMILES string of the molecule is CNC(C)c1ccc(OCCCn2ccnc2)cc1. The Balaban J connectivity index is 1.74. The zero-order chi connectivity index (χ0) is 13.5. The number of hydrogen-bond donors (Lipinski definition) is 1. The summed E-state index contributed by atoms with van der Waals surface area (Å²) in [5, 5.41) is 3.22. The average Bonchev–Trinajstić information content (AvgIpc) is 2.96. The number of imidazole rings is 1. The summed E-state index contributed by atoms with van der Waals surface area (Å²) in [6, 6.07) is 8.63. The van der Waals surface area contributed by atoms with Crippen LogP contribution in [-0.2, 0) is 6.54 Å². The van der Waals surface area contributed by atoms with Gasteiger partial charge in [-0.2, -0.15) is 0 Å². The van der Waals surface area contributed by atoms with Gasteiger partial charge in [0.2, 0.25) is 0 Å². The van der Waals surface area contributed by atoms with Crippen LogP contribution in [0.15, 0.2) is 43.0 Å². The lowest BCUT2D eigenvalue weighted by atomic mass is 10.1. The van der Waals surface area contributed by atoms with Crippen molar-refractivity contribution < 1.29 is 4.74 Å². The third-order valence-corrected chi connectivity index (χ3v) is 3.20. The van der Waals surface area contributed by atoms with Gasteiger partial charge in [-0.1, -0.05) is 12.1 Å². The molecule has 1 N–H and O–H groups in total. The molecule has 1 atom stereocenters. The maximum Gasteiger partial charge on any atom is 0.119 e. The fourth-order valence-corrected chi connectivity index (χ4v) is 1.88. The van der Waals surface area contributed by atoms with Crippen molar-refractivity contribution in [3.63, 3.8) is 0 Å². The van der Waals surface area contributed by atoms with Crippen molar-refractivity contribution >= 4 is 0 Å². The molecule has 4 nitrogen and oxygen atoms in total. The van der Waals surface area contributed by atoms with Crippen LogP contribution >= 0.6 is 0 Å². The van der Waals surface area contributed by atoms with Gasteiger partial charge >= 0.3 is 0 Å². The number of rotatable bonds is 7. The smallest absolute Gasteiger partial charge is 0.119 e. The van der Waals surface area contributed by atoms with Gasteiger partial charge < -0.3 is 14.6 Å². The Labute approximate surface area is 114 Å². The molecule has 0 saturated heterocycles. The summed E-state index contributed by atoms with van der Waals surface area (Å²) in [4.78, 5) is 4.01. The van der Waals surface area contributed by atoms with Gasteiger partial charge in [0, 0.05) is 25.0 Å². The molecule has 2 aromatic rings. The first kappa shape index (κ1) is 13.6. The Bertz CT molecular complexity index is 465. The molecule has 2 rings (SSSR count). The molecule has 0 bridgehead atoms. The minimum atomic E-state index is 0.371. The van der Waals surface area contributed by atoms with Gasteiger partial charge in [0.25, 0.3) is 0 Å². The van der Waals surface area contributed by atoms with E-state index in [1.807, 2.05) is 31.7 Å². The molecule has 0 amide bonds. The lowest BCUT2D eigenvalue weighted by Gasteiger charge is -2.11. The van der Waals surface area contributed by atoms with Crippen LogP contribution in [0.1, 0.15) is 24.9 Å². The van der Waals surface area contributed by atoms with Crippen LogP contribution in [-0.4, -0.2) is 23.2 Å². The predicted molar refractivity (Wildman–Crippen MR) is 76.3 cm³/mol. The van der Waals surface area contributed by atoms with Crippen molar-refractivity contribution in [2.24, 2.45) is 0 Å². The largest absolute Gasteiger partial charge is 0.494 e. The molecular formula is C15H21N3O. The molecule has 0 aliphatic heterocycles. The van der Waals surface area contributed by atoms with Crippen LogP contribution in [0.4, 0.5) is 0 Å². The highest BCUT2D eigenvalue weighted by Gasteiger charge is 2.02. The Morgan fingerprint density at radius 2 is 2.11 bits per heavy atom. The lowest BCUT2D eigenvalue weighted by Crippen LogP contribution is -2.12. The number of nitrogens with one attached hydrogen (secondary N) is 1. The molecule has 0 fully saturated rings. The first-order valence-corrected chi connectivity index (χ1v) is 6.65. The van der Waals surface area contributed by atoms with E-state index in [9.17, 15) is 0 Å². The number of hydrogen-bond acceptors (Lipinski definition) is 3. The summed E-state index contributed by atoms with van der Waals surface area (Å²) < 4.78 is 7.78. The van der Waals surface area contributed by atoms with Gasteiger partial charge in [0.1, 0.15) is 5.75 Å². The van der Waals surface area contributed by atoms with E-state index in [1.54, 1.807) is 6.20 Å². The number of ether oxygens (including phenoxy) is 1. The zero-order valence-corrected chi connectivity index (χ0v) is 11.5. The van der Waals surface area contributed by atoms with Gasteiger partial charge in [-0.25, -0.2) is 4.98 Å². The van der Waals surface area contributed by atoms with E-state index in [-0.39, 0.29) is 0 Å². The molecule has 0 saturated carbocycles. The van der Waals surface area contributed by atoms with Crippen LogP contribution < -0.4 is 10.1 Å². The molecule has 4 heteroatoms. The minimum absolute atomic E-state index is 0.371. The van der Waals surface area contributed by atoms with Gasteiger partial charge in [0.15, 0.2) is 0 Å². The van der Waals surface area contributed by atoms with E-state index in [1.165, 1.54) is 5.56 Å². The number of aryl methyl sites for hydroxylation is 1. The monoisotopic (exact) mass is 259 g/mol. The highest BCUT2D eigenvalue weighted by Crippen LogP contribution is 2.17. The molecule has 19 heavy (non-hydrogen) atoms. The molecule has 1 aromatic carbocycles. The van der Waals surface area contributed by atoms with Gasteiger partial charge in [-0.05, 0) is 38.1 Å². The van der Waals surface area contributed by atoms with E-state index in [0.717, 1.165) is 25.3 Å². The van der Waals surface area contributed by atoms with Crippen molar-refractivity contribution in [3.05, 3.63) is 48.5 Å². The third kappa shape index (κ3) is 4.10. The molecule has 1 heterocycles. The maximum absolute atomic E-state index is 5.72. The van der Waals surface area contributed by atoms with E-state index in [2.05, 4.69) is 33.9 Å². The van der Waals surface area contributed by atoms with E-state index in [0.29, 0.717) is 6.04 Å². The fourth-order valence-electron chi connectivity index (χ4n) is 1.88. The Morgan fingerprint density at radius 1 is 1.32 bits per heavy atom. The maximum atomic E-state index is 5.72. The standard InChI is InChI=1S/C15H21N3O/c1-13(16-2)14-4-6-15(7-5-14)19-11-3-9-18-10-8-17-12-18/h4-8,10,12-13,16H,3,9,11H2,1-2H3. The Morgan fingerprint density at radius 3 is 2.74 bits per heavy atom. The first-order chi connectivity index (χ1) is 9.29. The lowest BCUT2D eigenvalue weighted by molar-refractivity contribution is 0.301. The van der Waals surface area contributed by atoms with Crippen LogP contribution in [0.2, 0.25) is 0 Å². The molecule has 1 aromatic heterocycles. The second-order valence-electron chi connectivity index (χ2n) is 4.58. The third-order valence-electron chi connectivity index (χ3n) is 3.20. The van der Waals surface area contributed by atoms with Crippen LogP contribution in [0.3, 0.4) is 0 Å². The van der Waals surface area contributed by atoms with Crippen molar-refractivity contribution in [1.29, 1.82) is 0 Å². The van der Waals surface area contributed by atoms with E-state index in [4.69, 9.17) is 4.74 Å². The van der Waals surface area contributed by atoms with Crippen LogP contribution in [0.25, 0.3) is 0 Å². The van der Waals surface area contributed by atoms with E-state index < -0.39 is 0 Å². The number of aromatic nitrogens is 2. The molecule has 0 radical (unpaired) electrons. The summed E-state index contributed by atoms with van der Waals surface area (Å²) in [6.45, 7) is 3.80. The molecule has 0 spiro atoms. The van der Waals surface area contributed by atoms with Crippen LogP contribution in [0.5, 0.6) is 5.75 Å². The molecule has 0 aliphatic rings. The van der Waals surface area contributed by atoms with Crippen LogP contribution in [0, 0.1) is 0 Å². The Hall–Kier alpha value is -1.81. The highest BCUT2D eigenvalue weighted by molar-refractivity contribution is 5.28. The molecule has 102 valence electrons. The summed E-state index contributed by atoms with van der Waals surface area (Å²) in [5.74, 6) is 0.928. The second kappa shape index (κ2) is 6.95. The first-order valence-electron chi connectivity index (χ1n) is 6.65. The second-order valence-corrected chi connectivity index (χ2v) is 4.58. The zero-order valence-electron chi connectivity index (χ0n) is 11.5. The summed E-state index contributed by atoms with van der Waals surface area (Å²) >= 11 is 0. The quantitative estimate of drug-likeness (QED) is 0.777. The van der Waals surface area contributed by atoms with Crippen molar-refractivity contribution in [3.8, 4) is 5.75 Å². The van der Waals surface area contributed by atoms with Gasteiger partial charge in [-0.3, -0.25) is 0 Å².